The molecule has 0 aliphatic carbocycles. The number of nitrogens with zero attached hydrogens (tertiary/aromatic N) is 2. The zero-order valence-corrected chi connectivity index (χ0v) is 38.5. The van der Waals surface area contributed by atoms with Crippen molar-refractivity contribution in [1.29, 1.82) is 0 Å². The van der Waals surface area contributed by atoms with E-state index < -0.39 is 132 Å². The van der Waals surface area contributed by atoms with Gasteiger partial charge in [-0.1, -0.05) is 19.1 Å². The van der Waals surface area contributed by atoms with Crippen molar-refractivity contribution in [3.63, 3.8) is 0 Å². The summed E-state index contributed by atoms with van der Waals surface area (Å²) in [5.41, 5.74) is 6.01. The van der Waals surface area contributed by atoms with E-state index in [-0.39, 0.29) is 64.3 Å². The van der Waals surface area contributed by atoms with Gasteiger partial charge in [0, 0.05) is 38.9 Å². The number of ether oxygens (including phenoxy) is 2. The Hall–Kier alpha value is -6.64. The molecule has 2 heterocycles. The van der Waals surface area contributed by atoms with Crippen LogP contribution in [0.15, 0.2) is 24.3 Å². The van der Waals surface area contributed by atoms with E-state index >= 15 is 0 Å². The van der Waals surface area contributed by atoms with E-state index in [4.69, 9.17) is 10.5 Å². The topological polar surface area (TPSA) is 260 Å². The number of alkyl halides is 3. The smallest absolute Gasteiger partial charge is 0.404 e. The van der Waals surface area contributed by atoms with E-state index in [0.29, 0.717) is 24.2 Å². The maximum absolute atomic E-state index is 14.1. The first kappa shape index (κ1) is 56.9. The predicted molar refractivity (Wildman–Crippen MR) is 233 cm³/mol. The summed E-state index contributed by atoms with van der Waals surface area (Å²) in [4.78, 5) is 102. The maximum atomic E-state index is 14.1. The fraction of sp³-hybridized carbons (Fsp3) is 0.545. The first-order valence-electron chi connectivity index (χ1n) is 22.4. The summed E-state index contributed by atoms with van der Waals surface area (Å²) >= 11 is 0. The second-order valence-electron chi connectivity index (χ2n) is 16.8. The van der Waals surface area contributed by atoms with Crippen molar-refractivity contribution in [2.24, 2.45) is 17.6 Å². The van der Waals surface area contributed by atoms with Crippen molar-refractivity contribution in [3.05, 3.63) is 58.9 Å². The van der Waals surface area contributed by atoms with Crippen LogP contribution in [0.25, 0.3) is 0 Å². The van der Waals surface area contributed by atoms with Crippen LogP contribution in [0.4, 0.5) is 45.6 Å². The highest BCUT2D eigenvalue weighted by Crippen LogP contribution is 2.37. The van der Waals surface area contributed by atoms with E-state index in [1.165, 1.54) is 19.2 Å². The molecule has 27 heteroatoms. The van der Waals surface area contributed by atoms with Crippen LogP contribution in [0.5, 0.6) is 5.75 Å². The lowest BCUT2D eigenvalue weighted by Gasteiger charge is -2.39. The zero-order valence-electron chi connectivity index (χ0n) is 38.5. The number of rotatable bonds is 24. The van der Waals surface area contributed by atoms with Gasteiger partial charge >= 0.3 is 18.2 Å². The molecule has 392 valence electrons. The number of hydrogen-bond acceptors (Lipinski definition) is 11. The van der Waals surface area contributed by atoms with Gasteiger partial charge in [0.15, 0.2) is 0 Å². The molecular weight excluding hydrogens is 967 g/mol. The highest BCUT2D eigenvalue weighted by Gasteiger charge is 2.48. The molecule has 0 saturated carbocycles. The minimum absolute atomic E-state index is 0.0129. The molecule has 2 aliphatic rings. The molecule has 8 amide bonds. The third-order valence-corrected chi connectivity index (χ3v) is 11.9. The Morgan fingerprint density at radius 2 is 1.46 bits per heavy atom. The van der Waals surface area contributed by atoms with Crippen molar-refractivity contribution in [3.8, 4) is 5.75 Å². The number of halogens is 8. The Balaban J connectivity index is 1.22. The molecule has 2 aromatic rings. The fourth-order valence-corrected chi connectivity index (χ4v) is 8.11. The number of piperidine rings is 1. The van der Waals surface area contributed by atoms with E-state index in [9.17, 15) is 73.5 Å². The number of urea groups is 1. The summed E-state index contributed by atoms with van der Waals surface area (Å²) in [5, 5.41) is 15.0. The SMILES string of the molecule is COC(C(C)C(=O)NCC(=O)NCc1ccc(NC(=O)C(CCCNC(N)=O)NC(=O)CNC(=O)CCCN2CCC(C(=O)Oc3c(F)c(F)c(F)c(F)c3F)CC2C(F)(F)F)cc1)C1CCCN1C=O. The van der Waals surface area contributed by atoms with Crippen LogP contribution in [-0.4, -0.2) is 135 Å². The van der Waals surface area contributed by atoms with Crippen molar-refractivity contribution < 1.29 is 83.0 Å². The van der Waals surface area contributed by atoms with Crippen molar-refractivity contribution >= 4 is 53.6 Å². The quantitative estimate of drug-likeness (QED) is 0.0153. The predicted octanol–water partition coefficient (Wildman–Crippen LogP) is 2.40. The molecule has 19 nitrogen and oxygen atoms in total. The van der Waals surface area contributed by atoms with Crippen LogP contribution in [0, 0.1) is 40.9 Å². The summed E-state index contributed by atoms with van der Waals surface area (Å²) in [6, 6.07) is 1.63. The van der Waals surface area contributed by atoms with E-state index in [1.54, 1.807) is 24.0 Å². The summed E-state index contributed by atoms with van der Waals surface area (Å²) < 4.78 is 121. The van der Waals surface area contributed by atoms with Gasteiger partial charge < -0.3 is 52.0 Å². The van der Waals surface area contributed by atoms with Gasteiger partial charge in [0.25, 0.3) is 0 Å². The second-order valence-corrected chi connectivity index (χ2v) is 16.8. The van der Waals surface area contributed by atoms with Crippen molar-refractivity contribution in [2.45, 2.75) is 95.2 Å². The molecule has 8 N–H and O–H groups in total. The van der Waals surface area contributed by atoms with Gasteiger partial charge in [0.05, 0.1) is 37.1 Å². The highest BCUT2D eigenvalue weighted by atomic mass is 19.4. The van der Waals surface area contributed by atoms with E-state index in [1.807, 2.05) is 0 Å². The zero-order chi connectivity index (χ0) is 52.6. The van der Waals surface area contributed by atoms with Crippen LogP contribution < -0.4 is 42.4 Å². The van der Waals surface area contributed by atoms with Crippen LogP contribution in [0.2, 0.25) is 0 Å². The first-order valence-corrected chi connectivity index (χ1v) is 22.4. The number of primary amides is 1. The molecule has 2 fully saturated rings. The average molecular weight is 1020 g/mol. The maximum Gasteiger partial charge on any atom is 0.404 e. The molecule has 0 spiro atoms. The van der Waals surface area contributed by atoms with Crippen molar-refractivity contribution in [2.75, 3.05) is 51.7 Å². The largest absolute Gasteiger partial charge is 0.420 e. The lowest BCUT2D eigenvalue weighted by atomic mass is 9.90. The Morgan fingerprint density at radius 3 is 2.08 bits per heavy atom. The number of methoxy groups -OCH3 is 1. The lowest BCUT2D eigenvalue weighted by Crippen LogP contribution is -2.52. The summed E-state index contributed by atoms with van der Waals surface area (Å²) in [6.45, 7) is 0.559. The molecule has 0 bridgehead atoms. The minimum atomic E-state index is -4.96. The second kappa shape index (κ2) is 26.5. The van der Waals surface area contributed by atoms with Crippen LogP contribution in [0.3, 0.4) is 0 Å². The highest BCUT2D eigenvalue weighted by molar-refractivity contribution is 5.97. The summed E-state index contributed by atoms with van der Waals surface area (Å²) in [6.07, 6.45) is -5.08. The molecule has 0 aromatic heterocycles. The number of hydrogen-bond donors (Lipinski definition) is 7. The molecular formula is C44H55F8N9O10. The molecule has 6 atom stereocenters. The molecule has 2 saturated heterocycles. The number of benzene rings is 2. The number of carbonyl (C=O) groups excluding carboxylic acids is 8. The van der Waals surface area contributed by atoms with Gasteiger partial charge in [-0.15, -0.1) is 0 Å². The first-order chi connectivity index (χ1) is 33.6. The molecule has 6 unspecified atom stereocenters. The molecule has 2 aliphatic heterocycles. The fourth-order valence-electron chi connectivity index (χ4n) is 8.11. The average Bonchev–Trinajstić information content (AvgIpc) is 3.81. The molecule has 71 heavy (non-hydrogen) atoms. The number of carbonyl (C=O) groups is 8. The van der Waals surface area contributed by atoms with Crippen LogP contribution in [0.1, 0.15) is 63.9 Å². The van der Waals surface area contributed by atoms with Gasteiger partial charge in [-0.25, -0.2) is 18.0 Å². The number of amides is 8. The minimum Gasteiger partial charge on any atom is -0.420 e. The Kier molecular flexibility index (Phi) is 21.3. The lowest BCUT2D eigenvalue weighted by molar-refractivity contribution is -0.197. The van der Waals surface area contributed by atoms with Gasteiger partial charge in [0.1, 0.15) is 12.1 Å². The normalized spacial score (nSPS) is 18.3. The monoisotopic (exact) mass is 1020 g/mol. The summed E-state index contributed by atoms with van der Waals surface area (Å²) in [7, 11) is 1.45. The Morgan fingerprint density at radius 1 is 0.817 bits per heavy atom. The number of likely N-dealkylation sites (tertiary alicyclic amines) is 2. The van der Waals surface area contributed by atoms with Crippen LogP contribution >= 0.6 is 0 Å². The van der Waals surface area contributed by atoms with Gasteiger partial charge in [-0.2, -0.15) is 22.0 Å². The third-order valence-electron chi connectivity index (χ3n) is 11.9. The van der Waals surface area contributed by atoms with Gasteiger partial charge in [-0.05, 0) is 75.7 Å². The van der Waals surface area contributed by atoms with Crippen molar-refractivity contribution in [1.82, 2.24) is 36.4 Å². The van der Waals surface area contributed by atoms with E-state index in [2.05, 4.69) is 36.6 Å². The number of nitrogens with two attached hydrogens (primary N) is 1. The molecule has 0 radical (unpaired) electrons. The molecule has 2 aromatic carbocycles. The van der Waals surface area contributed by atoms with Crippen LogP contribution in [-0.2, 0) is 44.8 Å². The standard InChI is InChI=1S/C44H55F8N9O10/c1-23(38(70-2)28-7-4-16-61(28)22-62)40(66)57-20-31(64)55-19-24-9-11-26(12-10-24)58-41(67)27(6-3-14-54-43(53)69)59-32(65)21-56-30(63)8-5-15-60-17-13-25(18-29(60)44(50,51)52)42(68)71-39-36(48)34(46)33(45)35(47)37(39)49/h9-12,22-23,25,27-29,38H,3-8,13-21H2,1-2H3,(H,55,64)(H,56,63)(H,57,66)(H,58,67)(H,59,65)(H3,53,54,69). The Bertz CT molecular complexity index is 2210. The van der Waals surface area contributed by atoms with Gasteiger partial charge in [0.2, 0.25) is 70.8 Å². The van der Waals surface area contributed by atoms with Gasteiger partial charge in [-0.3, -0.25) is 38.5 Å². The number of nitrogens with one attached hydrogen (secondary N) is 6. The number of anilines is 1. The third kappa shape index (κ3) is 16.5. The summed E-state index contributed by atoms with van der Waals surface area (Å²) in [5.74, 6) is -21.4. The molecule has 4 rings (SSSR count). The van der Waals surface area contributed by atoms with E-state index in [0.717, 1.165) is 17.7 Å². The Labute approximate surface area is 401 Å². The number of esters is 1.